The Morgan fingerprint density at radius 3 is 2.08 bits per heavy atom. The van der Waals surface area contributed by atoms with Gasteiger partial charge in [0.15, 0.2) is 16.9 Å². The number of H-pyrrole nitrogens is 1. The van der Waals surface area contributed by atoms with Gasteiger partial charge in [-0.25, -0.2) is 9.59 Å². The van der Waals surface area contributed by atoms with Gasteiger partial charge >= 0.3 is 11.9 Å². The fourth-order valence-corrected chi connectivity index (χ4v) is 5.82. The molecule has 0 bridgehead atoms. The minimum Gasteiger partial charge on any atom is -0.495 e. The first-order valence-corrected chi connectivity index (χ1v) is 15.1. The molecule has 0 spiro atoms. The number of hydrogen-bond donors (Lipinski definition) is 4. The maximum atomic E-state index is 13.6. The summed E-state index contributed by atoms with van der Waals surface area (Å²) in [5.74, 6) is -1.88. The number of ether oxygens (including phenoxy) is 3. The van der Waals surface area contributed by atoms with Crippen molar-refractivity contribution >= 4 is 45.3 Å². The number of aliphatic carboxylic acids is 2. The van der Waals surface area contributed by atoms with Crippen LogP contribution in [0.3, 0.4) is 0 Å². The van der Waals surface area contributed by atoms with Gasteiger partial charge in [0.2, 0.25) is 0 Å². The van der Waals surface area contributed by atoms with Crippen LogP contribution < -0.4 is 25.0 Å². The third kappa shape index (κ3) is 7.08. The smallest absolute Gasteiger partial charge is 0.414 e. The Kier molecular flexibility index (Phi) is 10.2. The molecular formula is C36H35N3O9. The molecule has 0 radical (unpaired) electrons. The fourth-order valence-electron chi connectivity index (χ4n) is 5.82. The van der Waals surface area contributed by atoms with Crippen LogP contribution in [0.1, 0.15) is 27.0 Å². The summed E-state index contributed by atoms with van der Waals surface area (Å²) in [5.41, 5.74) is 5.63. The largest absolute Gasteiger partial charge is 0.495 e. The summed E-state index contributed by atoms with van der Waals surface area (Å²) in [5, 5.41) is 18.9. The van der Waals surface area contributed by atoms with Gasteiger partial charge in [-0.2, -0.15) is 0 Å². The number of carbonyl (C=O) groups excluding carboxylic acids is 1. The highest BCUT2D eigenvalue weighted by molar-refractivity contribution is 6.27. The molecule has 1 amide bonds. The molecule has 12 heteroatoms. The molecule has 5 aromatic rings. The maximum absolute atomic E-state index is 13.6. The predicted molar refractivity (Wildman–Crippen MR) is 181 cm³/mol. The van der Waals surface area contributed by atoms with Crippen LogP contribution in [-0.4, -0.2) is 72.4 Å². The molecular weight excluding hydrogens is 618 g/mol. The quantitative estimate of drug-likeness (QED) is 0.136. The minimum atomic E-state index is -1.82. The van der Waals surface area contributed by atoms with Crippen molar-refractivity contribution in [2.24, 2.45) is 0 Å². The van der Waals surface area contributed by atoms with Crippen LogP contribution >= 0.6 is 0 Å². The van der Waals surface area contributed by atoms with Crippen LogP contribution in [0.5, 0.6) is 17.2 Å². The second-order valence-electron chi connectivity index (χ2n) is 11.0. The van der Waals surface area contributed by atoms with E-state index in [9.17, 15) is 9.59 Å². The zero-order chi connectivity index (χ0) is 34.4. The predicted octanol–water partition coefficient (Wildman–Crippen LogP) is 4.72. The Bertz CT molecular complexity index is 2060. The van der Waals surface area contributed by atoms with Crippen molar-refractivity contribution < 1.29 is 38.8 Å². The summed E-state index contributed by atoms with van der Waals surface area (Å²) in [6, 6.07) is 22.6. The highest BCUT2D eigenvalue weighted by atomic mass is 16.5. The third-order valence-electron chi connectivity index (χ3n) is 8.24. The number of hydrogen-bond acceptors (Lipinski definition) is 8. The van der Waals surface area contributed by atoms with Crippen molar-refractivity contribution in [1.82, 2.24) is 9.88 Å². The topological polar surface area (TPSA) is 167 Å². The number of amides is 1. The van der Waals surface area contributed by atoms with Crippen LogP contribution in [0, 0.1) is 0 Å². The Morgan fingerprint density at radius 2 is 1.42 bits per heavy atom. The van der Waals surface area contributed by atoms with Gasteiger partial charge < -0.3 is 34.7 Å². The number of benzene rings is 4. The number of nitrogens with zero attached hydrogens (tertiary/aromatic N) is 1. The van der Waals surface area contributed by atoms with Crippen molar-refractivity contribution in [2.45, 2.75) is 19.4 Å². The monoisotopic (exact) mass is 653 g/mol. The number of methoxy groups -OCH3 is 3. The molecule has 0 fully saturated rings. The molecule has 1 aliphatic rings. The van der Waals surface area contributed by atoms with E-state index in [0.29, 0.717) is 33.1 Å². The van der Waals surface area contributed by atoms with E-state index in [2.05, 4.69) is 27.3 Å². The lowest BCUT2D eigenvalue weighted by atomic mass is 9.98. The minimum absolute atomic E-state index is 0.146. The van der Waals surface area contributed by atoms with Crippen molar-refractivity contribution in [3.8, 4) is 17.2 Å². The average molecular weight is 654 g/mol. The molecule has 0 atom stereocenters. The number of para-hydroxylation sites is 3. The fraction of sp³-hybridized carbons (Fsp3) is 0.222. The normalized spacial score (nSPS) is 12.4. The molecule has 2 heterocycles. The summed E-state index contributed by atoms with van der Waals surface area (Å²) < 4.78 is 16.5. The van der Waals surface area contributed by atoms with Crippen LogP contribution in [0.15, 0.2) is 77.6 Å². The van der Waals surface area contributed by atoms with E-state index >= 15 is 0 Å². The molecule has 1 aromatic heterocycles. The highest BCUT2D eigenvalue weighted by Gasteiger charge is 2.21. The lowest BCUT2D eigenvalue weighted by Crippen LogP contribution is -2.32. The van der Waals surface area contributed by atoms with Gasteiger partial charge in [-0.1, -0.05) is 30.3 Å². The van der Waals surface area contributed by atoms with Crippen molar-refractivity contribution in [3.05, 3.63) is 105 Å². The number of aromatic nitrogens is 1. The van der Waals surface area contributed by atoms with Crippen LogP contribution in [-0.2, 0) is 29.0 Å². The van der Waals surface area contributed by atoms with E-state index in [-0.39, 0.29) is 11.3 Å². The van der Waals surface area contributed by atoms with E-state index in [1.807, 2.05) is 24.3 Å². The SMILES string of the molecule is COc1cc2c(cc1OC)CN(CCc1ccccc1NC(=O)c1cccc3c(=O)c4cccc(OC)c4[nH]c13)CC2.O=C(O)C(=O)O. The van der Waals surface area contributed by atoms with E-state index in [0.717, 1.165) is 55.2 Å². The number of fused-ring (bicyclic) bond motifs is 3. The Labute approximate surface area is 275 Å². The molecule has 0 saturated carbocycles. The zero-order valence-electron chi connectivity index (χ0n) is 26.7. The first-order valence-electron chi connectivity index (χ1n) is 15.1. The zero-order valence-corrected chi connectivity index (χ0v) is 26.7. The number of rotatable bonds is 8. The number of carboxylic acid groups (broad SMARTS) is 2. The number of nitrogens with one attached hydrogen (secondary N) is 2. The van der Waals surface area contributed by atoms with Crippen LogP contribution in [0.2, 0.25) is 0 Å². The molecule has 0 saturated heterocycles. The Balaban J connectivity index is 0.000000689. The van der Waals surface area contributed by atoms with E-state index in [1.54, 1.807) is 57.7 Å². The second kappa shape index (κ2) is 14.7. The number of anilines is 1. The van der Waals surface area contributed by atoms with Crippen LogP contribution in [0.25, 0.3) is 21.8 Å². The van der Waals surface area contributed by atoms with Gasteiger partial charge in [0.25, 0.3) is 5.91 Å². The first-order chi connectivity index (χ1) is 23.1. The van der Waals surface area contributed by atoms with Gasteiger partial charge in [-0.3, -0.25) is 14.5 Å². The van der Waals surface area contributed by atoms with Gasteiger partial charge in [-0.15, -0.1) is 0 Å². The summed E-state index contributed by atoms with van der Waals surface area (Å²) >= 11 is 0. The number of aromatic amines is 1. The third-order valence-corrected chi connectivity index (χ3v) is 8.24. The first kappa shape index (κ1) is 33.5. The molecule has 4 N–H and O–H groups in total. The molecule has 48 heavy (non-hydrogen) atoms. The molecule has 4 aromatic carbocycles. The van der Waals surface area contributed by atoms with Crippen molar-refractivity contribution in [3.63, 3.8) is 0 Å². The van der Waals surface area contributed by atoms with Gasteiger partial charge in [0, 0.05) is 36.1 Å². The second-order valence-corrected chi connectivity index (χ2v) is 11.0. The maximum Gasteiger partial charge on any atom is 0.414 e. The van der Waals surface area contributed by atoms with Crippen LogP contribution in [0.4, 0.5) is 5.69 Å². The lowest BCUT2D eigenvalue weighted by Gasteiger charge is -2.29. The number of pyridine rings is 1. The number of carbonyl (C=O) groups is 3. The highest BCUT2D eigenvalue weighted by Crippen LogP contribution is 2.33. The summed E-state index contributed by atoms with van der Waals surface area (Å²) in [6.07, 6.45) is 1.71. The summed E-state index contributed by atoms with van der Waals surface area (Å²) in [7, 11) is 4.88. The molecule has 0 aliphatic carbocycles. The summed E-state index contributed by atoms with van der Waals surface area (Å²) in [6.45, 7) is 2.61. The lowest BCUT2D eigenvalue weighted by molar-refractivity contribution is -0.159. The van der Waals surface area contributed by atoms with Gasteiger partial charge in [0.05, 0.1) is 37.9 Å². The van der Waals surface area contributed by atoms with Gasteiger partial charge in [-0.05, 0) is 72.0 Å². The molecule has 1 aliphatic heterocycles. The Hall–Kier alpha value is -5.88. The van der Waals surface area contributed by atoms with Crippen molar-refractivity contribution in [2.75, 3.05) is 39.7 Å². The molecule has 12 nitrogen and oxygen atoms in total. The van der Waals surface area contributed by atoms with E-state index < -0.39 is 11.9 Å². The van der Waals surface area contributed by atoms with Gasteiger partial charge in [0.1, 0.15) is 5.75 Å². The number of carboxylic acids is 2. The van der Waals surface area contributed by atoms with E-state index in [1.165, 1.54) is 11.1 Å². The molecule has 6 rings (SSSR count). The standard InChI is InChI=1S/C34H33N3O5.C2H2O4/c1-40-28-13-7-10-25-32(28)36-31-24(33(25)38)9-6-11-26(31)34(39)35-27-12-5-4-8-21(27)14-16-37-17-15-22-18-29(41-2)30(42-3)19-23(22)20-37;3-1(4)2(5)6/h4-13,18-19H,14-17,20H2,1-3H3,(H,35,39)(H,36,38);(H,3,4)(H,5,6). The summed E-state index contributed by atoms with van der Waals surface area (Å²) in [4.78, 5) is 50.9. The Morgan fingerprint density at radius 1 is 0.792 bits per heavy atom. The molecule has 0 unspecified atom stereocenters. The van der Waals surface area contributed by atoms with E-state index in [4.69, 9.17) is 34.0 Å². The average Bonchev–Trinajstić information content (AvgIpc) is 3.10. The van der Waals surface area contributed by atoms with Crippen molar-refractivity contribution in [1.29, 1.82) is 0 Å². The molecule has 248 valence electrons.